The molecule has 1 aliphatic heterocycles. The Kier molecular flexibility index (Phi) is 3.32. The maximum Gasteiger partial charge on any atom is 0.328 e. The van der Waals surface area contributed by atoms with Gasteiger partial charge < -0.3 is 5.32 Å². The molecule has 3 amide bonds. The van der Waals surface area contributed by atoms with Gasteiger partial charge in [0.15, 0.2) is 0 Å². The summed E-state index contributed by atoms with van der Waals surface area (Å²) in [5.74, 6) is -0.486. The molecule has 0 aromatic heterocycles. The van der Waals surface area contributed by atoms with Crippen molar-refractivity contribution < 1.29 is 14.5 Å². The van der Waals surface area contributed by atoms with E-state index in [0.29, 0.717) is 0 Å². The first-order chi connectivity index (χ1) is 10.1. The second-order valence-electron chi connectivity index (χ2n) is 5.40. The van der Waals surface area contributed by atoms with Crippen LogP contribution in [0, 0.1) is 16.0 Å². The quantitative estimate of drug-likeness (QED) is 0.667. The van der Waals surface area contributed by atoms with E-state index in [9.17, 15) is 19.7 Å². The second-order valence-corrected chi connectivity index (χ2v) is 5.40. The van der Waals surface area contributed by atoms with Crippen LogP contribution in [0.3, 0.4) is 0 Å². The first-order valence-electron chi connectivity index (χ1n) is 6.97. The van der Waals surface area contributed by atoms with Crippen molar-refractivity contribution in [1.29, 1.82) is 0 Å². The number of nitro benzene ring substituents is 1. The van der Waals surface area contributed by atoms with Crippen molar-refractivity contribution in [3.8, 4) is 0 Å². The lowest BCUT2D eigenvalue weighted by Crippen LogP contribution is -2.61. The third-order valence-corrected chi connectivity index (χ3v) is 4.11. The van der Waals surface area contributed by atoms with Crippen molar-refractivity contribution in [3.63, 3.8) is 0 Å². The van der Waals surface area contributed by atoms with Crippen molar-refractivity contribution in [3.05, 3.63) is 34.4 Å². The number of hydrogen-bond donors (Lipinski definition) is 1. The van der Waals surface area contributed by atoms with E-state index in [1.807, 2.05) is 0 Å². The Hall–Kier alpha value is -2.44. The van der Waals surface area contributed by atoms with Gasteiger partial charge in [-0.3, -0.25) is 14.9 Å². The second kappa shape index (κ2) is 5.16. The van der Waals surface area contributed by atoms with Crippen molar-refractivity contribution in [1.82, 2.24) is 5.32 Å². The van der Waals surface area contributed by atoms with Gasteiger partial charge in [-0.15, -0.1) is 0 Å². The molecule has 21 heavy (non-hydrogen) atoms. The zero-order valence-electron chi connectivity index (χ0n) is 11.3. The average molecular weight is 289 g/mol. The molecule has 1 aromatic rings. The molecule has 110 valence electrons. The smallest absolute Gasteiger partial charge is 0.328 e. The summed E-state index contributed by atoms with van der Waals surface area (Å²) < 4.78 is 0. The predicted octanol–water partition coefficient (Wildman–Crippen LogP) is 2.21. The van der Waals surface area contributed by atoms with Gasteiger partial charge in [0, 0.05) is 18.2 Å². The van der Waals surface area contributed by atoms with Crippen LogP contribution in [0.15, 0.2) is 24.3 Å². The van der Waals surface area contributed by atoms with Crippen molar-refractivity contribution in [2.24, 2.45) is 5.92 Å². The van der Waals surface area contributed by atoms with Crippen LogP contribution in [0.4, 0.5) is 16.2 Å². The van der Waals surface area contributed by atoms with Gasteiger partial charge in [0.05, 0.1) is 16.5 Å². The summed E-state index contributed by atoms with van der Waals surface area (Å²) in [6.07, 6.45) is 3.53. The van der Waals surface area contributed by atoms with E-state index < -0.39 is 11.0 Å². The summed E-state index contributed by atoms with van der Waals surface area (Å²) in [4.78, 5) is 36.0. The van der Waals surface area contributed by atoms with Gasteiger partial charge in [-0.2, -0.15) is 0 Å². The van der Waals surface area contributed by atoms with Crippen molar-refractivity contribution in [2.75, 3.05) is 4.90 Å². The maximum atomic E-state index is 12.5. The predicted molar refractivity (Wildman–Crippen MR) is 74.9 cm³/mol. The molecule has 1 N–H and O–H groups in total. The van der Waals surface area contributed by atoms with Gasteiger partial charge in [0.2, 0.25) is 5.91 Å². The molecule has 7 nitrogen and oxygen atoms in total. The number of non-ortho nitro benzene ring substituents is 1. The van der Waals surface area contributed by atoms with Crippen LogP contribution in [-0.2, 0) is 4.79 Å². The van der Waals surface area contributed by atoms with Crippen LogP contribution in [0.5, 0.6) is 0 Å². The summed E-state index contributed by atoms with van der Waals surface area (Å²) in [7, 11) is 0. The Balaban J connectivity index is 1.93. The van der Waals surface area contributed by atoms with E-state index in [-0.39, 0.29) is 29.2 Å². The largest absolute Gasteiger partial charge is 0.334 e. The number of hydrogen-bond acceptors (Lipinski definition) is 4. The fraction of sp³-hybridized carbons (Fsp3) is 0.429. The molecular weight excluding hydrogens is 274 g/mol. The number of nitro groups is 1. The number of urea groups is 1. The SMILES string of the molecule is O=C1NC2CCCCC2C(=O)N1c1cccc([N+](=O)[O-])c1. The van der Waals surface area contributed by atoms with Crippen LogP contribution in [0.2, 0.25) is 0 Å². The highest BCUT2D eigenvalue weighted by Crippen LogP contribution is 2.32. The van der Waals surface area contributed by atoms with E-state index in [2.05, 4.69) is 5.32 Å². The molecule has 3 rings (SSSR count). The van der Waals surface area contributed by atoms with Crippen molar-refractivity contribution in [2.45, 2.75) is 31.7 Å². The van der Waals surface area contributed by atoms with Crippen LogP contribution in [0.25, 0.3) is 0 Å². The first-order valence-corrected chi connectivity index (χ1v) is 6.97. The standard InChI is InChI=1S/C14H15N3O4/c18-13-11-6-1-2-7-12(11)15-14(19)16(13)9-4-3-5-10(8-9)17(20)21/h3-5,8,11-12H,1-2,6-7H2,(H,15,19). The summed E-state index contributed by atoms with van der Waals surface area (Å²) in [5, 5.41) is 13.7. The number of imide groups is 1. The molecular formula is C14H15N3O4. The molecule has 0 spiro atoms. The molecule has 0 bridgehead atoms. The molecule has 2 atom stereocenters. The molecule has 0 radical (unpaired) electrons. The van der Waals surface area contributed by atoms with E-state index >= 15 is 0 Å². The number of carbonyl (C=O) groups excluding carboxylic acids is 2. The highest BCUT2D eigenvalue weighted by Gasteiger charge is 2.42. The third kappa shape index (κ3) is 2.35. The molecule has 1 saturated carbocycles. The Morgan fingerprint density at radius 2 is 2.00 bits per heavy atom. The molecule has 1 aromatic carbocycles. The molecule has 1 aliphatic carbocycles. The molecule has 1 heterocycles. The zero-order chi connectivity index (χ0) is 15.0. The number of nitrogens with zero attached hydrogens (tertiary/aromatic N) is 2. The van der Waals surface area contributed by atoms with Gasteiger partial charge in [0.1, 0.15) is 0 Å². The Labute approximate surface area is 121 Å². The fourth-order valence-corrected chi connectivity index (χ4v) is 3.08. The summed E-state index contributed by atoms with van der Waals surface area (Å²) in [6.45, 7) is 0. The minimum atomic E-state index is -0.542. The van der Waals surface area contributed by atoms with Crippen LogP contribution < -0.4 is 10.2 Å². The molecule has 2 unspecified atom stereocenters. The van der Waals surface area contributed by atoms with Gasteiger partial charge >= 0.3 is 6.03 Å². The third-order valence-electron chi connectivity index (χ3n) is 4.11. The lowest BCUT2D eigenvalue weighted by atomic mass is 9.82. The van der Waals surface area contributed by atoms with E-state index in [1.54, 1.807) is 0 Å². The van der Waals surface area contributed by atoms with E-state index in [1.165, 1.54) is 24.3 Å². The molecule has 2 fully saturated rings. The number of nitrogens with one attached hydrogen (secondary N) is 1. The summed E-state index contributed by atoms with van der Waals surface area (Å²) in [6, 6.07) is 4.99. The van der Waals surface area contributed by atoms with E-state index in [0.717, 1.165) is 30.6 Å². The Bertz CT molecular complexity index is 616. The van der Waals surface area contributed by atoms with Gasteiger partial charge in [-0.25, -0.2) is 9.69 Å². The highest BCUT2D eigenvalue weighted by atomic mass is 16.6. The average Bonchev–Trinajstić information content (AvgIpc) is 2.47. The van der Waals surface area contributed by atoms with Gasteiger partial charge in [-0.1, -0.05) is 18.9 Å². The van der Waals surface area contributed by atoms with E-state index in [4.69, 9.17) is 0 Å². The molecule has 1 saturated heterocycles. The molecule has 2 aliphatic rings. The summed E-state index contributed by atoms with van der Waals surface area (Å²) >= 11 is 0. The van der Waals surface area contributed by atoms with Crippen molar-refractivity contribution >= 4 is 23.3 Å². The number of benzene rings is 1. The highest BCUT2D eigenvalue weighted by molar-refractivity contribution is 6.17. The topological polar surface area (TPSA) is 92.6 Å². The van der Waals surface area contributed by atoms with Crippen LogP contribution in [0.1, 0.15) is 25.7 Å². The normalized spacial score (nSPS) is 25.2. The zero-order valence-corrected chi connectivity index (χ0v) is 11.3. The number of anilines is 1. The minimum Gasteiger partial charge on any atom is -0.334 e. The lowest BCUT2D eigenvalue weighted by molar-refractivity contribution is -0.384. The fourth-order valence-electron chi connectivity index (χ4n) is 3.08. The Morgan fingerprint density at radius 3 is 2.76 bits per heavy atom. The monoisotopic (exact) mass is 289 g/mol. The first kappa shape index (κ1) is 13.5. The lowest BCUT2D eigenvalue weighted by Gasteiger charge is -2.39. The maximum absolute atomic E-state index is 12.5. The van der Waals surface area contributed by atoms with Gasteiger partial charge in [0.25, 0.3) is 5.69 Å². The van der Waals surface area contributed by atoms with Crippen LogP contribution in [-0.4, -0.2) is 22.9 Å². The number of fused-ring (bicyclic) bond motifs is 1. The van der Waals surface area contributed by atoms with Crippen LogP contribution >= 0.6 is 0 Å². The van der Waals surface area contributed by atoms with Gasteiger partial charge in [-0.05, 0) is 18.9 Å². The number of amides is 3. The minimum absolute atomic E-state index is 0.103. The summed E-state index contributed by atoms with van der Waals surface area (Å²) in [5.41, 5.74) is 0.106. The number of rotatable bonds is 2. The molecule has 7 heteroatoms. The number of carbonyl (C=O) groups is 2. The Morgan fingerprint density at radius 1 is 1.24 bits per heavy atom.